The van der Waals surface area contributed by atoms with Crippen molar-refractivity contribution >= 4 is 5.65 Å². The highest BCUT2D eigenvalue weighted by molar-refractivity contribution is 5.49. The summed E-state index contributed by atoms with van der Waals surface area (Å²) in [4.78, 5) is 4.39. The Kier molecular flexibility index (Phi) is 1.77. The minimum absolute atomic E-state index is 0.501. The highest BCUT2D eigenvalue weighted by atomic mass is 15.0. The number of imidazole rings is 1. The molecule has 0 amide bonds. The van der Waals surface area contributed by atoms with Crippen LogP contribution in [0.25, 0.3) is 5.65 Å². The molecule has 1 aliphatic rings. The molecular weight excluding hydrogens is 174 g/mol. The fourth-order valence-corrected chi connectivity index (χ4v) is 2.19. The van der Waals surface area contributed by atoms with Crippen LogP contribution in [0.4, 0.5) is 0 Å². The Morgan fingerprint density at radius 1 is 1.43 bits per heavy atom. The first-order valence-electron chi connectivity index (χ1n) is 5.10. The molecule has 0 aliphatic carbocycles. The van der Waals surface area contributed by atoms with Gasteiger partial charge in [-0.05, 0) is 25.5 Å². The first-order valence-corrected chi connectivity index (χ1v) is 5.10. The summed E-state index contributed by atoms with van der Waals surface area (Å²) < 4.78 is 2.08. The van der Waals surface area contributed by atoms with Crippen molar-refractivity contribution < 1.29 is 0 Å². The van der Waals surface area contributed by atoms with Crippen LogP contribution in [0.5, 0.6) is 0 Å². The van der Waals surface area contributed by atoms with Gasteiger partial charge in [0, 0.05) is 30.2 Å². The van der Waals surface area contributed by atoms with Gasteiger partial charge >= 0.3 is 0 Å². The highest BCUT2D eigenvalue weighted by Gasteiger charge is 2.18. The molecule has 0 radical (unpaired) electrons. The second-order valence-electron chi connectivity index (χ2n) is 3.77. The van der Waals surface area contributed by atoms with Crippen LogP contribution in [0.2, 0.25) is 0 Å². The third kappa shape index (κ3) is 1.13. The molecule has 2 aromatic heterocycles. The first-order chi connectivity index (χ1) is 6.95. The summed E-state index contributed by atoms with van der Waals surface area (Å²) in [5.41, 5.74) is 2.42. The average molecular weight is 187 g/mol. The predicted octanol–water partition coefficient (Wildman–Crippen LogP) is 1.76. The molecule has 1 saturated heterocycles. The molecule has 3 heterocycles. The highest BCUT2D eigenvalue weighted by Crippen LogP contribution is 2.25. The summed E-state index contributed by atoms with van der Waals surface area (Å²) in [5, 5.41) is 3.50. The van der Waals surface area contributed by atoms with E-state index in [-0.39, 0.29) is 0 Å². The maximum atomic E-state index is 4.39. The normalized spacial score (nSPS) is 21.9. The zero-order valence-electron chi connectivity index (χ0n) is 7.98. The van der Waals surface area contributed by atoms with Gasteiger partial charge in [-0.3, -0.25) is 0 Å². The summed E-state index contributed by atoms with van der Waals surface area (Å²) in [7, 11) is 0. The van der Waals surface area contributed by atoms with Crippen LogP contribution in [-0.4, -0.2) is 15.9 Å². The molecule has 3 nitrogen and oxygen atoms in total. The number of hydrogen-bond acceptors (Lipinski definition) is 2. The van der Waals surface area contributed by atoms with E-state index in [2.05, 4.69) is 26.8 Å². The topological polar surface area (TPSA) is 29.3 Å². The standard InChI is InChI=1S/C11H13N3/c1-4-10(12-5-1)9-3-2-7-14-8-6-13-11(9)14/h2-3,6-8,10,12H,1,4-5H2/t10-/m1/s1. The van der Waals surface area contributed by atoms with Crippen LogP contribution < -0.4 is 5.32 Å². The van der Waals surface area contributed by atoms with Gasteiger partial charge in [-0.15, -0.1) is 0 Å². The monoisotopic (exact) mass is 187 g/mol. The lowest BCUT2D eigenvalue weighted by Gasteiger charge is -2.11. The van der Waals surface area contributed by atoms with Gasteiger partial charge in [-0.25, -0.2) is 4.98 Å². The summed E-state index contributed by atoms with van der Waals surface area (Å²) in [6, 6.07) is 4.76. The molecule has 0 aromatic carbocycles. The third-order valence-electron chi connectivity index (χ3n) is 2.89. The molecule has 1 fully saturated rings. The number of rotatable bonds is 1. The summed E-state index contributed by atoms with van der Waals surface area (Å²) in [5.74, 6) is 0. The van der Waals surface area contributed by atoms with Crippen molar-refractivity contribution in [3.63, 3.8) is 0 Å². The summed E-state index contributed by atoms with van der Waals surface area (Å²) in [6.45, 7) is 1.13. The lowest BCUT2D eigenvalue weighted by Crippen LogP contribution is -2.13. The van der Waals surface area contributed by atoms with Gasteiger partial charge in [0.2, 0.25) is 0 Å². The second-order valence-corrected chi connectivity index (χ2v) is 3.77. The third-order valence-corrected chi connectivity index (χ3v) is 2.89. The zero-order chi connectivity index (χ0) is 9.38. The zero-order valence-corrected chi connectivity index (χ0v) is 7.98. The molecule has 3 heteroatoms. The maximum Gasteiger partial charge on any atom is 0.141 e. The molecule has 14 heavy (non-hydrogen) atoms. The first kappa shape index (κ1) is 8.00. The van der Waals surface area contributed by atoms with Crippen molar-refractivity contribution in [3.8, 4) is 0 Å². The Morgan fingerprint density at radius 3 is 3.29 bits per heavy atom. The van der Waals surface area contributed by atoms with Gasteiger partial charge in [-0.1, -0.05) is 6.07 Å². The smallest absolute Gasteiger partial charge is 0.141 e. The van der Waals surface area contributed by atoms with E-state index < -0.39 is 0 Å². The molecule has 0 unspecified atom stereocenters. The quantitative estimate of drug-likeness (QED) is 0.737. The van der Waals surface area contributed by atoms with E-state index in [4.69, 9.17) is 0 Å². The van der Waals surface area contributed by atoms with E-state index in [0.29, 0.717) is 6.04 Å². The molecule has 1 aliphatic heterocycles. The predicted molar refractivity (Wildman–Crippen MR) is 55.2 cm³/mol. The number of hydrogen-bond donors (Lipinski definition) is 1. The van der Waals surface area contributed by atoms with E-state index in [1.807, 2.05) is 18.6 Å². The summed E-state index contributed by atoms with van der Waals surface area (Å²) >= 11 is 0. The maximum absolute atomic E-state index is 4.39. The van der Waals surface area contributed by atoms with Crippen LogP contribution in [0.1, 0.15) is 24.4 Å². The van der Waals surface area contributed by atoms with Gasteiger partial charge in [0.15, 0.2) is 0 Å². The Morgan fingerprint density at radius 2 is 2.43 bits per heavy atom. The van der Waals surface area contributed by atoms with E-state index >= 15 is 0 Å². The molecule has 0 saturated carbocycles. The van der Waals surface area contributed by atoms with Crippen LogP contribution in [-0.2, 0) is 0 Å². The minimum atomic E-state index is 0.501. The lowest BCUT2D eigenvalue weighted by atomic mass is 10.1. The molecular formula is C11H13N3. The van der Waals surface area contributed by atoms with Crippen molar-refractivity contribution in [2.24, 2.45) is 0 Å². The molecule has 72 valence electrons. The molecule has 1 N–H and O–H groups in total. The fraction of sp³-hybridized carbons (Fsp3) is 0.364. The Bertz CT molecular complexity index is 440. The molecule has 3 rings (SSSR count). The SMILES string of the molecule is c1cc([C@H]2CCCN2)c2nccn2c1. The van der Waals surface area contributed by atoms with Crippen LogP contribution >= 0.6 is 0 Å². The van der Waals surface area contributed by atoms with Gasteiger partial charge in [0.1, 0.15) is 5.65 Å². The average Bonchev–Trinajstić information content (AvgIpc) is 2.88. The van der Waals surface area contributed by atoms with Crippen LogP contribution in [0.3, 0.4) is 0 Å². The van der Waals surface area contributed by atoms with Gasteiger partial charge in [-0.2, -0.15) is 0 Å². The minimum Gasteiger partial charge on any atom is -0.310 e. The van der Waals surface area contributed by atoms with Crippen molar-refractivity contribution in [2.75, 3.05) is 6.54 Å². The number of fused-ring (bicyclic) bond motifs is 1. The largest absolute Gasteiger partial charge is 0.310 e. The van der Waals surface area contributed by atoms with Gasteiger partial charge < -0.3 is 9.72 Å². The Hall–Kier alpha value is -1.35. The van der Waals surface area contributed by atoms with Crippen LogP contribution in [0, 0.1) is 0 Å². The van der Waals surface area contributed by atoms with E-state index in [0.717, 1.165) is 12.2 Å². The number of aromatic nitrogens is 2. The lowest BCUT2D eigenvalue weighted by molar-refractivity contribution is 0.648. The molecule has 0 bridgehead atoms. The van der Waals surface area contributed by atoms with E-state index in [9.17, 15) is 0 Å². The Labute approximate surface area is 82.8 Å². The van der Waals surface area contributed by atoms with Crippen LogP contribution in [0.15, 0.2) is 30.7 Å². The van der Waals surface area contributed by atoms with Crippen molar-refractivity contribution in [3.05, 3.63) is 36.3 Å². The second kappa shape index (κ2) is 3.10. The number of nitrogens with zero attached hydrogens (tertiary/aromatic N) is 2. The number of nitrogens with one attached hydrogen (secondary N) is 1. The van der Waals surface area contributed by atoms with Crippen molar-refractivity contribution in [2.45, 2.75) is 18.9 Å². The number of pyridine rings is 1. The van der Waals surface area contributed by atoms with Crippen molar-refractivity contribution in [1.82, 2.24) is 14.7 Å². The van der Waals surface area contributed by atoms with Crippen molar-refractivity contribution in [1.29, 1.82) is 0 Å². The van der Waals surface area contributed by atoms with Gasteiger partial charge in [0.25, 0.3) is 0 Å². The Balaban J connectivity index is 2.14. The molecule has 2 aromatic rings. The van der Waals surface area contributed by atoms with E-state index in [1.54, 1.807) is 0 Å². The van der Waals surface area contributed by atoms with Gasteiger partial charge in [0.05, 0.1) is 0 Å². The molecule has 0 spiro atoms. The van der Waals surface area contributed by atoms with E-state index in [1.165, 1.54) is 18.4 Å². The summed E-state index contributed by atoms with van der Waals surface area (Å²) in [6.07, 6.45) is 8.39. The fourth-order valence-electron chi connectivity index (χ4n) is 2.19. The molecule has 1 atom stereocenters.